The summed E-state index contributed by atoms with van der Waals surface area (Å²) in [5.41, 5.74) is 0. The van der Waals surface area contributed by atoms with Gasteiger partial charge in [0.2, 0.25) is 0 Å². The van der Waals surface area contributed by atoms with E-state index in [0.29, 0.717) is 13.2 Å². The highest BCUT2D eigenvalue weighted by Crippen LogP contribution is 1.97. The Morgan fingerprint density at radius 1 is 1.00 bits per heavy atom. The van der Waals surface area contributed by atoms with E-state index in [2.05, 4.69) is 26.1 Å². The minimum atomic E-state index is 0.274. The normalized spacial score (nSPS) is 13.2. The predicted octanol–water partition coefficient (Wildman–Crippen LogP) is 2.08. The van der Waals surface area contributed by atoms with Gasteiger partial charge in [0.05, 0.1) is 19.3 Å². The third kappa shape index (κ3) is 13.9. The van der Waals surface area contributed by atoms with Gasteiger partial charge in [-0.1, -0.05) is 13.8 Å². The fraction of sp³-hybridized carbons (Fsp3) is 1.00. The van der Waals surface area contributed by atoms with Gasteiger partial charge in [0.25, 0.3) is 0 Å². The van der Waals surface area contributed by atoms with Crippen LogP contribution in [0.2, 0.25) is 0 Å². The highest BCUT2D eigenvalue weighted by molar-refractivity contribution is 4.57. The average molecular weight is 261 g/mol. The molecular weight excluding hydrogens is 230 g/mol. The summed E-state index contributed by atoms with van der Waals surface area (Å²) in [6.45, 7) is 11.4. The molecule has 0 aromatic carbocycles. The summed E-state index contributed by atoms with van der Waals surface area (Å²) < 4.78 is 15.9. The molecule has 4 heteroatoms. The highest BCUT2D eigenvalue weighted by Gasteiger charge is 2.01. The molecule has 0 aromatic rings. The molecular formula is C14H31NO3. The molecule has 0 heterocycles. The summed E-state index contributed by atoms with van der Waals surface area (Å²) >= 11 is 0. The number of ether oxygens (including phenoxy) is 3. The highest BCUT2D eigenvalue weighted by atomic mass is 16.5. The molecule has 0 saturated carbocycles. The molecule has 110 valence electrons. The Morgan fingerprint density at radius 2 is 1.78 bits per heavy atom. The molecule has 0 amide bonds. The van der Waals surface area contributed by atoms with Crippen molar-refractivity contribution in [3.05, 3.63) is 0 Å². The number of nitrogens with one attached hydrogen (secondary N) is 1. The van der Waals surface area contributed by atoms with Crippen molar-refractivity contribution < 1.29 is 14.2 Å². The summed E-state index contributed by atoms with van der Waals surface area (Å²) in [5, 5.41) is 3.41. The quantitative estimate of drug-likeness (QED) is 0.515. The molecule has 0 saturated heterocycles. The fourth-order valence-electron chi connectivity index (χ4n) is 1.44. The van der Waals surface area contributed by atoms with E-state index in [4.69, 9.17) is 14.2 Å². The second kappa shape index (κ2) is 13.3. The summed E-state index contributed by atoms with van der Waals surface area (Å²) in [7, 11) is 1.68. The van der Waals surface area contributed by atoms with Crippen LogP contribution in [0.1, 0.15) is 33.6 Å². The fourth-order valence-corrected chi connectivity index (χ4v) is 1.44. The summed E-state index contributed by atoms with van der Waals surface area (Å²) in [6, 6.07) is 0. The zero-order valence-electron chi connectivity index (χ0n) is 12.5. The third-order valence-electron chi connectivity index (χ3n) is 2.60. The molecule has 0 bridgehead atoms. The molecule has 0 rings (SSSR count). The SMILES string of the molecule is COCCOCCCOC(C)CNCCC(C)C. The van der Waals surface area contributed by atoms with Crippen LogP contribution in [0.3, 0.4) is 0 Å². The summed E-state index contributed by atoms with van der Waals surface area (Å²) in [5.74, 6) is 0.762. The van der Waals surface area contributed by atoms with Gasteiger partial charge in [-0.3, -0.25) is 0 Å². The van der Waals surface area contributed by atoms with Crippen molar-refractivity contribution >= 4 is 0 Å². The van der Waals surface area contributed by atoms with Crippen LogP contribution in [-0.2, 0) is 14.2 Å². The maximum Gasteiger partial charge on any atom is 0.0700 e. The van der Waals surface area contributed by atoms with E-state index in [0.717, 1.165) is 38.6 Å². The zero-order chi connectivity index (χ0) is 13.6. The van der Waals surface area contributed by atoms with Crippen LogP contribution in [0.5, 0.6) is 0 Å². The van der Waals surface area contributed by atoms with Gasteiger partial charge in [0.15, 0.2) is 0 Å². The van der Waals surface area contributed by atoms with Crippen molar-refractivity contribution in [2.24, 2.45) is 5.92 Å². The molecule has 0 aliphatic carbocycles. The van der Waals surface area contributed by atoms with Crippen LogP contribution in [0.15, 0.2) is 0 Å². The third-order valence-corrected chi connectivity index (χ3v) is 2.60. The van der Waals surface area contributed by atoms with Crippen molar-refractivity contribution in [2.45, 2.75) is 39.7 Å². The molecule has 1 atom stereocenters. The Balaban J connectivity index is 3.14. The van der Waals surface area contributed by atoms with Gasteiger partial charge in [-0.15, -0.1) is 0 Å². The monoisotopic (exact) mass is 261 g/mol. The average Bonchev–Trinajstić information content (AvgIpc) is 2.33. The Labute approximate surface area is 112 Å². The van der Waals surface area contributed by atoms with Crippen LogP contribution in [-0.4, -0.2) is 52.7 Å². The second-order valence-corrected chi connectivity index (χ2v) is 5.03. The van der Waals surface area contributed by atoms with Crippen molar-refractivity contribution in [1.29, 1.82) is 0 Å². The van der Waals surface area contributed by atoms with Crippen LogP contribution in [0, 0.1) is 5.92 Å². The van der Waals surface area contributed by atoms with Crippen LogP contribution in [0.25, 0.3) is 0 Å². The lowest BCUT2D eigenvalue weighted by atomic mass is 10.1. The van der Waals surface area contributed by atoms with Crippen LogP contribution < -0.4 is 5.32 Å². The molecule has 0 aromatic heterocycles. The maximum absolute atomic E-state index is 5.68. The van der Waals surface area contributed by atoms with Crippen LogP contribution >= 0.6 is 0 Å². The lowest BCUT2D eigenvalue weighted by Gasteiger charge is -2.14. The zero-order valence-corrected chi connectivity index (χ0v) is 12.5. The molecule has 18 heavy (non-hydrogen) atoms. The van der Waals surface area contributed by atoms with Crippen molar-refractivity contribution in [2.75, 3.05) is 46.6 Å². The van der Waals surface area contributed by atoms with E-state index < -0.39 is 0 Å². The standard InChI is InChI=1S/C14H31NO3/c1-13(2)6-7-15-12-14(3)18-9-5-8-17-11-10-16-4/h13-15H,5-12H2,1-4H3. The Morgan fingerprint density at radius 3 is 2.44 bits per heavy atom. The number of methoxy groups -OCH3 is 1. The number of hydrogen-bond donors (Lipinski definition) is 1. The second-order valence-electron chi connectivity index (χ2n) is 5.03. The number of rotatable bonds is 13. The van der Waals surface area contributed by atoms with Crippen LogP contribution in [0.4, 0.5) is 0 Å². The van der Waals surface area contributed by atoms with Crippen molar-refractivity contribution in [3.63, 3.8) is 0 Å². The van der Waals surface area contributed by atoms with E-state index in [9.17, 15) is 0 Å². The van der Waals surface area contributed by atoms with E-state index in [-0.39, 0.29) is 6.10 Å². The van der Waals surface area contributed by atoms with Gasteiger partial charge >= 0.3 is 0 Å². The Kier molecular flexibility index (Phi) is 13.2. The van der Waals surface area contributed by atoms with E-state index >= 15 is 0 Å². The predicted molar refractivity (Wildman–Crippen MR) is 75.1 cm³/mol. The van der Waals surface area contributed by atoms with Gasteiger partial charge in [0.1, 0.15) is 0 Å². The molecule has 0 spiro atoms. The molecule has 0 fully saturated rings. The van der Waals surface area contributed by atoms with Gasteiger partial charge in [-0.25, -0.2) is 0 Å². The van der Waals surface area contributed by atoms with Crippen molar-refractivity contribution in [3.8, 4) is 0 Å². The molecule has 0 radical (unpaired) electrons. The van der Waals surface area contributed by atoms with E-state index in [1.807, 2.05) is 0 Å². The van der Waals surface area contributed by atoms with Gasteiger partial charge < -0.3 is 19.5 Å². The molecule has 1 N–H and O–H groups in total. The molecule has 0 aliphatic rings. The molecule has 0 aliphatic heterocycles. The molecule has 1 unspecified atom stereocenters. The van der Waals surface area contributed by atoms with Gasteiger partial charge in [-0.05, 0) is 32.2 Å². The minimum Gasteiger partial charge on any atom is -0.382 e. The first kappa shape index (κ1) is 17.8. The first-order valence-electron chi connectivity index (χ1n) is 7.05. The minimum absolute atomic E-state index is 0.274. The van der Waals surface area contributed by atoms with Crippen molar-refractivity contribution in [1.82, 2.24) is 5.32 Å². The smallest absolute Gasteiger partial charge is 0.0700 e. The molecule has 4 nitrogen and oxygen atoms in total. The largest absolute Gasteiger partial charge is 0.382 e. The summed E-state index contributed by atoms with van der Waals surface area (Å²) in [4.78, 5) is 0. The van der Waals surface area contributed by atoms with E-state index in [1.54, 1.807) is 7.11 Å². The van der Waals surface area contributed by atoms with Gasteiger partial charge in [0, 0.05) is 26.9 Å². The first-order chi connectivity index (χ1) is 8.66. The topological polar surface area (TPSA) is 39.7 Å². The Bertz CT molecular complexity index is 165. The Hall–Kier alpha value is -0.160. The van der Waals surface area contributed by atoms with Gasteiger partial charge in [-0.2, -0.15) is 0 Å². The lowest BCUT2D eigenvalue weighted by molar-refractivity contribution is 0.0304. The first-order valence-corrected chi connectivity index (χ1v) is 7.05. The number of hydrogen-bond acceptors (Lipinski definition) is 4. The van der Waals surface area contributed by atoms with E-state index in [1.165, 1.54) is 6.42 Å². The summed E-state index contributed by atoms with van der Waals surface area (Å²) in [6.07, 6.45) is 2.44. The maximum atomic E-state index is 5.68. The lowest BCUT2D eigenvalue weighted by Crippen LogP contribution is -2.28.